The Labute approximate surface area is 94.2 Å². The summed E-state index contributed by atoms with van der Waals surface area (Å²) in [5.74, 6) is 0. The molecular weight excluding hydrogens is 212 g/mol. The molecule has 4 heteroatoms. The Morgan fingerprint density at radius 1 is 1.40 bits per heavy atom. The zero-order valence-electron chi connectivity index (χ0n) is 8.61. The number of carbonyl (C=O) groups excluding carboxylic acids is 1. The normalized spacial score (nSPS) is 15.1. The smallest absolute Gasteiger partial charge is 0.139 e. The second kappa shape index (κ2) is 4.11. The van der Waals surface area contributed by atoms with Gasteiger partial charge in [-0.1, -0.05) is 11.6 Å². The van der Waals surface area contributed by atoms with E-state index in [4.69, 9.17) is 11.6 Å². The molecule has 1 aromatic rings. The number of carbonyl (C=O) groups is 1. The van der Waals surface area contributed by atoms with Crippen molar-refractivity contribution < 1.29 is 4.79 Å². The molecule has 1 heterocycles. The number of likely N-dealkylation sites (N-methyl/N-ethyl adjacent to an activating group) is 1. The van der Waals surface area contributed by atoms with Gasteiger partial charge < -0.3 is 14.6 Å². The van der Waals surface area contributed by atoms with Crippen LogP contribution in [0, 0.1) is 0 Å². The molecule has 0 N–H and O–H groups in total. The summed E-state index contributed by atoms with van der Waals surface area (Å²) in [4.78, 5) is 14.8. The number of anilines is 2. The van der Waals surface area contributed by atoms with Crippen LogP contribution in [0.3, 0.4) is 0 Å². The van der Waals surface area contributed by atoms with Crippen molar-refractivity contribution in [2.24, 2.45) is 0 Å². The molecule has 0 unspecified atom stereocenters. The molecule has 3 nitrogen and oxygen atoms in total. The Morgan fingerprint density at radius 3 is 2.93 bits per heavy atom. The van der Waals surface area contributed by atoms with E-state index in [9.17, 15) is 4.79 Å². The first-order valence-corrected chi connectivity index (χ1v) is 5.29. The largest absolute Gasteiger partial charge is 0.371 e. The quantitative estimate of drug-likeness (QED) is 0.716. The highest BCUT2D eigenvalue weighted by atomic mass is 35.5. The second-order valence-electron chi connectivity index (χ2n) is 3.67. The van der Waals surface area contributed by atoms with E-state index in [1.807, 2.05) is 30.1 Å². The van der Waals surface area contributed by atoms with Crippen molar-refractivity contribution in [2.75, 3.05) is 36.5 Å². The minimum absolute atomic E-state index is 0.432. The fourth-order valence-corrected chi connectivity index (χ4v) is 2.03. The van der Waals surface area contributed by atoms with Gasteiger partial charge in [-0.15, -0.1) is 0 Å². The van der Waals surface area contributed by atoms with E-state index in [1.165, 1.54) is 0 Å². The van der Waals surface area contributed by atoms with Crippen LogP contribution in [0.1, 0.15) is 0 Å². The molecule has 0 radical (unpaired) electrons. The summed E-state index contributed by atoms with van der Waals surface area (Å²) in [7, 11) is 2.05. The van der Waals surface area contributed by atoms with Crippen LogP contribution in [0.4, 0.5) is 11.4 Å². The van der Waals surface area contributed by atoms with Crippen LogP contribution in [0.25, 0.3) is 0 Å². The average molecular weight is 225 g/mol. The van der Waals surface area contributed by atoms with E-state index < -0.39 is 0 Å². The molecule has 15 heavy (non-hydrogen) atoms. The standard InChI is InChI=1S/C11H13ClN2O/c1-13-4-5-14(6-7-15)11-8-9(12)2-3-10(11)13/h2-3,7-8H,4-6H2,1H3. The number of benzene rings is 1. The zero-order valence-corrected chi connectivity index (χ0v) is 9.37. The molecule has 0 bridgehead atoms. The lowest BCUT2D eigenvalue weighted by atomic mass is 10.2. The summed E-state index contributed by atoms with van der Waals surface area (Å²) >= 11 is 5.96. The number of fused-ring (bicyclic) bond motifs is 1. The van der Waals surface area contributed by atoms with E-state index in [2.05, 4.69) is 4.90 Å². The monoisotopic (exact) mass is 224 g/mol. The van der Waals surface area contributed by atoms with Crippen molar-refractivity contribution in [2.45, 2.75) is 0 Å². The third-order valence-electron chi connectivity index (χ3n) is 2.69. The van der Waals surface area contributed by atoms with Gasteiger partial charge in [0.2, 0.25) is 0 Å². The maximum Gasteiger partial charge on any atom is 0.139 e. The van der Waals surface area contributed by atoms with Crippen molar-refractivity contribution in [3.63, 3.8) is 0 Å². The number of halogens is 1. The fourth-order valence-electron chi connectivity index (χ4n) is 1.86. The van der Waals surface area contributed by atoms with Gasteiger partial charge >= 0.3 is 0 Å². The van der Waals surface area contributed by atoms with Crippen LogP contribution in [0.2, 0.25) is 5.02 Å². The Morgan fingerprint density at radius 2 is 2.20 bits per heavy atom. The van der Waals surface area contributed by atoms with Crippen molar-refractivity contribution in [3.8, 4) is 0 Å². The highest BCUT2D eigenvalue weighted by Crippen LogP contribution is 2.33. The topological polar surface area (TPSA) is 23.6 Å². The molecule has 0 fully saturated rings. The van der Waals surface area contributed by atoms with Crippen LogP contribution >= 0.6 is 11.6 Å². The van der Waals surface area contributed by atoms with Crippen LogP contribution in [0.15, 0.2) is 18.2 Å². The Balaban J connectivity index is 2.41. The molecule has 1 aliphatic rings. The number of nitrogens with zero attached hydrogens (tertiary/aromatic N) is 2. The molecule has 0 aliphatic carbocycles. The molecule has 2 rings (SSSR count). The lowest BCUT2D eigenvalue weighted by Gasteiger charge is -2.36. The highest BCUT2D eigenvalue weighted by molar-refractivity contribution is 6.31. The summed E-state index contributed by atoms with van der Waals surface area (Å²) in [6, 6.07) is 5.78. The van der Waals surface area contributed by atoms with Crippen molar-refractivity contribution >= 4 is 29.3 Å². The third-order valence-corrected chi connectivity index (χ3v) is 2.92. The van der Waals surface area contributed by atoms with Crippen molar-refractivity contribution in [3.05, 3.63) is 23.2 Å². The predicted molar refractivity (Wildman–Crippen MR) is 63.0 cm³/mol. The maximum atomic E-state index is 10.6. The molecule has 1 aliphatic heterocycles. The molecule has 0 amide bonds. The van der Waals surface area contributed by atoms with Crippen LogP contribution in [0.5, 0.6) is 0 Å². The average Bonchev–Trinajstić information content (AvgIpc) is 2.22. The summed E-state index contributed by atoms with van der Waals surface area (Å²) in [5, 5.41) is 0.708. The summed E-state index contributed by atoms with van der Waals surface area (Å²) in [6.45, 7) is 2.23. The zero-order chi connectivity index (χ0) is 10.8. The Kier molecular flexibility index (Phi) is 2.82. The van der Waals surface area contributed by atoms with Gasteiger partial charge in [0.25, 0.3) is 0 Å². The van der Waals surface area contributed by atoms with Gasteiger partial charge in [-0.2, -0.15) is 0 Å². The number of rotatable bonds is 2. The maximum absolute atomic E-state index is 10.6. The number of aldehydes is 1. The molecule has 0 saturated carbocycles. The van der Waals surface area contributed by atoms with Gasteiger partial charge in [-0.05, 0) is 18.2 Å². The summed E-state index contributed by atoms with van der Waals surface area (Å²) < 4.78 is 0. The van der Waals surface area contributed by atoms with E-state index in [0.29, 0.717) is 11.6 Å². The summed E-state index contributed by atoms with van der Waals surface area (Å²) in [5.41, 5.74) is 2.18. The highest BCUT2D eigenvalue weighted by Gasteiger charge is 2.19. The third kappa shape index (κ3) is 1.92. The van der Waals surface area contributed by atoms with Crippen LogP contribution in [-0.2, 0) is 4.79 Å². The summed E-state index contributed by atoms with van der Waals surface area (Å²) in [6.07, 6.45) is 0.927. The van der Waals surface area contributed by atoms with Crippen LogP contribution < -0.4 is 9.80 Å². The second-order valence-corrected chi connectivity index (χ2v) is 4.10. The molecule has 80 valence electrons. The minimum atomic E-state index is 0.432. The van der Waals surface area contributed by atoms with E-state index in [0.717, 1.165) is 30.8 Å². The van der Waals surface area contributed by atoms with Gasteiger partial charge in [-0.3, -0.25) is 0 Å². The van der Waals surface area contributed by atoms with Gasteiger partial charge in [0.1, 0.15) is 6.29 Å². The molecule has 0 saturated heterocycles. The predicted octanol–water partition coefficient (Wildman–Crippen LogP) is 1.80. The SMILES string of the molecule is CN1CCN(CC=O)c2cc(Cl)ccc21. The van der Waals surface area contributed by atoms with Crippen molar-refractivity contribution in [1.82, 2.24) is 0 Å². The molecule has 0 spiro atoms. The van der Waals surface area contributed by atoms with Crippen molar-refractivity contribution in [1.29, 1.82) is 0 Å². The van der Waals surface area contributed by atoms with E-state index in [-0.39, 0.29) is 0 Å². The molecule has 1 aromatic carbocycles. The van der Waals surface area contributed by atoms with Gasteiger partial charge in [0.05, 0.1) is 17.9 Å². The lowest BCUT2D eigenvalue weighted by molar-refractivity contribution is -0.106. The molecule has 0 atom stereocenters. The first-order chi connectivity index (χ1) is 7.22. The number of hydrogen-bond donors (Lipinski definition) is 0. The minimum Gasteiger partial charge on any atom is -0.371 e. The van der Waals surface area contributed by atoms with E-state index >= 15 is 0 Å². The first-order valence-electron chi connectivity index (χ1n) is 4.91. The Bertz CT molecular complexity index is 381. The molecular formula is C11H13ClN2O. The van der Waals surface area contributed by atoms with E-state index in [1.54, 1.807) is 0 Å². The Hall–Kier alpha value is -1.22. The van der Waals surface area contributed by atoms with Gasteiger partial charge in [0, 0.05) is 25.2 Å². The number of hydrogen-bond acceptors (Lipinski definition) is 3. The van der Waals surface area contributed by atoms with Gasteiger partial charge in [-0.25, -0.2) is 0 Å². The molecule has 0 aromatic heterocycles. The fraction of sp³-hybridized carbons (Fsp3) is 0.364. The first kappa shape index (κ1) is 10.3. The van der Waals surface area contributed by atoms with Crippen LogP contribution in [-0.4, -0.2) is 33.0 Å². The lowest BCUT2D eigenvalue weighted by Crippen LogP contribution is -2.40. The van der Waals surface area contributed by atoms with Gasteiger partial charge in [0.15, 0.2) is 0 Å².